The Kier molecular flexibility index (Phi) is 0.884. The topological polar surface area (TPSA) is 42.2 Å². The molecule has 1 aromatic heterocycles. The molecule has 70 valence electrons. The number of allylic oxidation sites excluding steroid dienone is 2. The van der Waals surface area contributed by atoms with Crippen LogP contribution in [0.5, 0.6) is 0 Å². The van der Waals surface area contributed by atoms with Crippen molar-refractivity contribution < 1.29 is 9.21 Å². The minimum absolute atomic E-state index is 0.00525. The summed E-state index contributed by atoms with van der Waals surface area (Å²) in [5, 5.41) is 3.31. The van der Waals surface area contributed by atoms with Gasteiger partial charge in [0.15, 0.2) is 5.76 Å². The monoisotopic (exact) mass is 187 g/mol. The second-order valence-electron chi connectivity index (χ2n) is 4.34. The summed E-state index contributed by atoms with van der Waals surface area (Å²) in [7, 11) is 0. The molecule has 0 amide bonds. The van der Waals surface area contributed by atoms with Gasteiger partial charge in [-0.1, -0.05) is 0 Å². The Morgan fingerprint density at radius 2 is 2.50 bits per heavy atom. The van der Waals surface area contributed by atoms with Crippen molar-refractivity contribution in [1.82, 2.24) is 5.32 Å². The second-order valence-corrected chi connectivity index (χ2v) is 4.34. The van der Waals surface area contributed by atoms with Crippen LogP contribution in [0.15, 0.2) is 28.5 Å². The summed E-state index contributed by atoms with van der Waals surface area (Å²) in [6, 6.07) is 1.95. The van der Waals surface area contributed by atoms with Gasteiger partial charge in [-0.25, -0.2) is 0 Å². The number of nitrogens with one attached hydrogen (secondary N) is 1. The Labute approximate surface area is 80.8 Å². The van der Waals surface area contributed by atoms with E-state index in [1.165, 1.54) is 6.42 Å². The molecule has 0 aromatic carbocycles. The smallest absolute Gasteiger partial charge is 0.223 e. The number of fused-ring (bicyclic) bond motifs is 1. The molecule has 1 aromatic rings. The van der Waals surface area contributed by atoms with Gasteiger partial charge >= 0.3 is 0 Å². The van der Waals surface area contributed by atoms with Crippen LogP contribution in [0.2, 0.25) is 0 Å². The Morgan fingerprint density at radius 3 is 3.36 bits per heavy atom. The van der Waals surface area contributed by atoms with Gasteiger partial charge in [-0.2, -0.15) is 0 Å². The van der Waals surface area contributed by atoms with Crippen LogP contribution in [0.1, 0.15) is 22.5 Å². The van der Waals surface area contributed by atoms with Crippen LogP contribution in [-0.2, 0) is 5.41 Å². The first-order chi connectivity index (χ1) is 6.82. The normalized spacial score (nSPS) is 36.7. The lowest BCUT2D eigenvalue weighted by Gasteiger charge is -2.19. The number of piperidine rings is 1. The van der Waals surface area contributed by atoms with Gasteiger partial charge in [0.05, 0.1) is 6.26 Å². The van der Waals surface area contributed by atoms with Crippen LogP contribution in [0.25, 0.3) is 0 Å². The maximum absolute atomic E-state index is 11.6. The Balaban J connectivity index is 2.05. The van der Waals surface area contributed by atoms with Crippen LogP contribution >= 0.6 is 0 Å². The minimum Gasteiger partial charge on any atom is -0.461 e. The van der Waals surface area contributed by atoms with Crippen LogP contribution in [-0.4, -0.2) is 12.3 Å². The number of hydrogen-bond donors (Lipinski definition) is 1. The van der Waals surface area contributed by atoms with Crippen LogP contribution in [0.4, 0.5) is 0 Å². The number of furan rings is 1. The van der Waals surface area contributed by atoms with Gasteiger partial charge < -0.3 is 9.73 Å². The molecule has 0 radical (unpaired) electrons. The molecule has 1 saturated heterocycles. The molecular formula is C11H9NO2. The highest BCUT2D eigenvalue weighted by atomic mass is 16.3. The predicted octanol–water partition coefficient (Wildman–Crippen LogP) is 1.22. The van der Waals surface area contributed by atoms with Gasteiger partial charge in [0.25, 0.3) is 0 Å². The van der Waals surface area contributed by atoms with E-state index in [1.807, 2.05) is 6.07 Å². The van der Waals surface area contributed by atoms with Gasteiger partial charge in [0, 0.05) is 29.3 Å². The number of carbonyl (C=O) groups excluding carboxylic acids is 1. The third-order valence-corrected chi connectivity index (χ3v) is 3.77. The van der Waals surface area contributed by atoms with E-state index in [0.29, 0.717) is 11.7 Å². The molecule has 2 fully saturated rings. The molecule has 1 saturated carbocycles. The van der Waals surface area contributed by atoms with Crippen molar-refractivity contribution in [2.45, 2.75) is 11.8 Å². The molecule has 3 nitrogen and oxygen atoms in total. The predicted molar refractivity (Wildman–Crippen MR) is 48.9 cm³/mol. The average Bonchev–Trinajstić information content (AvgIpc) is 2.62. The summed E-state index contributed by atoms with van der Waals surface area (Å²) < 4.78 is 5.25. The summed E-state index contributed by atoms with van der Waals surface area (Å²) in [6.07, 6.45) is 4.51. The lowest BCUT2D eigenvalue weighted by molar-refractivity contribution is 0.101. The summed E-state index contributed by atoms with van der Waals surface area (Å²) in [5.41, 5.74) is 2.35. The number of hydrogen-bond acceptors (Lipinski definition) is 3. The Hall–Kier alpha value is -1.51. The largest absolute Gasteiger partial charge is 0.461 e. The zero-order valence-corrected chi connectivity index (χ0v) is 7.54. The fourth-order valence-corrected chi connectivity index (χ4v) is 3.00. The zero-order chi connectivity index (χ0) is 9.34. The van der Waals surface area contributed by atoms with Crippen LogP contribution < -0.4 is 5.32 Å². The number of ketones is 1. The van der Waals surface area contributed by atoms with Gasteiger partial charge in [0.2, 0.25) is 5.78 Å². The lowest BCUT2D eigenvalue weighted by atomic mass is 9.86. The summed E-state index contributed by atoms with van der Waals surface area (Å²) in [6.45, 7) is 1.00. The third kappa shape index (κ3) is 0.523. The SMILES string of the molecule is O=C1C=C2NC[C@H]3C[C@@]23c2ccoc21. The standard InChI is InChI=1S/C11H9NO2/c13-8-3-9-11(4-6(11)5-12-9)7-1-2-14-10(7)8/h1-3,6,12H,4-5H2/t6-,11-/m1/s1. The minimum atomic E-state index is 0.00525. The third-order valence-electron chi connectivity index (χ3n) is 3.77. The highest BCUT2D eigenvalue weighted by molar-refractivity contribution is 6.06. The molecule has 4 rings (SSSR count). The molecule has 2 atom stereocenters. The molecule has 2 aliphatic carbocycles. The van der Waals surface area contributed by atoms with E-state index in [2.05, 4.69) is 5.32 Å². The van der Waals surface area contributed by atoms with Gasteiger partial charge in [-0.15, -0.1) is 0 Å². The first-order valence-electron chi connectivity index (χ1n) is 4.91. The summed E-state index contributed by atoms with van der Waals surface area (Å²) in [4.78, 5) is 11.6. The zero-order valence-electron chi connectivity index (χ0n) is 7.54. The number of rotatable bonds is 0. The maximum atomic E-state index is 11.6. The first-order valence-corrected chi connectivity index (χ1v) is 4.91. The van der Waals surface area contributed by atoms with Crippen molar-refractivity contribution >= 4 is 5.78 Å². The van der Waals surface area contributed by atoms with Gasteiger partial charge in [-0.05, 0) is 18.4 Å². The van der Waals surface area contributed by atoms with Crippen molar-refractivity contribution in [1.29, 1.82) is 0 Å². The molecule has 0 bridgehead atoms. The van der Waals surface area contributed by atoms with Crippen LogP contribution in [0, 0.1) is 5.92 Å². The molecule has 3 aliphatic rings. The van der Waals surface area contributed by atoms with Crippen molar-refractivity contribution in [3.05, 3.63) is 35.4 Å². The Morgan fingerprint density at radius 1 is 1.57 bits per heavy atom. The quantitative estimate of drug-likeness (QED) is 0.664. The van der Waals surface area contributed by atoms with E-state index in [0.717, 1.165) is 17.8 Å². The van der Waals surface area contributed by atoms with E-state index >= 15 is 0 Å². The fraction of sp³-hybridized carbons (Fsp3) is 0.364. The van der Waals surface area contributed by atoms with Crippen molar-refractivity contribution in [3.63, 3.8) is 0 Å². The molecule has 14 heavy (non-hydrogen) atoms. The fourth-order valence-electron chi connectivity index (χ4n) is 3.00. The van der Waals surface area contributed by atoms with E-state index in [9.17, 15) is 4.79 Å². The van der Waals surface area contributed by atoms with E-state index in [-0.39, 0.29) is 11.2 Å². The summed E-state index contributed by atoms with van der Waals surface area (Å²) in [5.74, 6) is 1.24. The van der Waals surface area contributed by atoms with Gasteiger partial charge in [-0.3, -0.25) is 4.79 Å². The molecule has 0 unspecified atom stereocenters. The molecule has 1 aliphatic heterocycles. The van der Waals surface area contributed by atoms with Crippen molar-refractivity contribution in [3.8, 4) is 0 Å². The van der Waals surface area contributed by atoms with E-state index in [1.54, 1.807) is 12.3 Å². The average molecular weight is 187 g/mol. The number of carbonyl (C=O) groups is 1. The van der Waals surface area contributed by atoms with E-state index in [4.69, 9.17) is 4.42 Å². The van der Waals surface area contributed by atoms with Crippen molar-refractivity contribution in [2.24, 2.45) is 5.92 Å². The molecule has 3 heteroatoms. The second kappa shape index (κ2) is 1.80. The highest BCUT2D eigenvalue weighted by Gasteiger charge is 2.64. The van der Waals surface area contributed by atoms with Crippen molar-refractivity contribution in [2.75, 3.05) is 6.54 Å². The highest BCUT2D eigenvalue weighted by Crippen LogP contribution is 2.63. The van der Waals surface area contributed by atoms with E-state index < -0.39 is 0 Å². The van der Waals surface area contributed by atoms with Crippen LogP contribution in [0.3, 0.4) is 0 Å². The lowest BCUT2D eigenvalue weighted by Crippen LogP contribution is -2.23. The Bertz CT molecular complexity index is 485. The van der Waals surface area contributed by atoms with Gasteiger partial charge in [0.1, 0.15) is 0 Å². The first kappa shape index (κ1) is 6.87. The molecule has 2 heterocycles. The summed E-state index contributed by atoms with van der Waals surface area (Å²) >= 11 is 0. The molecule has 1 N–H and O–H groups in total. The maximum Gasteiger partial charge on any atom is 0.223 e. The molecule has 1 spiro atoms. The molecular weight excluding hydrogens is 178 g/mol.